The largest absolute Gasteiger partial charge is 0.260 e. The van der Waals surface area contributed by atoms with Gasteiger partial charge in [0, 0.05) is 6.20 Å². The van der Waals surface area contributed by atoms with Gasteiger partial charge in [0.15, 0.2) is 0 Å². The van der Waals surface area contributed by atoms with Gasteiger partial charge in [-0.05, 0) is 66.7 Å². The summed E-state index contributed by atoms with van der Waals surface area (Å²) in [7, 11) is 0. The molecule has 0 N–H and O–H groups in total. The van der Waals surface area contributed by atoms with Crippen LogP contribution in [0.1, 0.15) is 22.7 Å². The summed E-state index contributed by atoms with van der Waals surface area (Å²) in [4.78, 5) is 4.85. The van der Waals surface area contributed by atoms with Crippen molar-refractivity contribution in [2.75, 3.05) is 0 Å². The predicted octanol–water partition coefficient (Wildman–Crippen LogP) is 7.70. The van der Waals surface area contributed by atoms with Gasteiger partial charge in [0.1, 0.15) is 0 Å². The van der Waals surface area contributed by atoms with E-state index in [2.05, 4.69) is 97.1 Å². The fraction of sp³-hybridized carbons (Fsp3) is 0.0333. The lowest BCUT2D eigenvalue weighted by Crippen LogP contribution is -2.03. The molecule has 1 nitrogen and oxygen atoms in total. The zero-order valence-electron chi connectivity index (χ0n) is 16.9. The first-order chi connectivity index (χ1) is 15.4. The maximum atomic E-state index is 4.85. The summed E-state index contributed by atoms with van der Waals surface area (Å²) in [5.41, 5.74) is 6.59. The van der Waals surface area contributed by atoms with Gasteiger partial charge >= 0.3 is 0 Å². The summed E-state index contributed by atoms with van der Waals surface area (Å²) in [5, 5.41) is 7.88. The molecule has 0 radical (unpaired) electrons. The van der Waals surface area contributed by atoms with Gasteiger partial charge in [0.25, 0.3) is 0 Å². The number of benzene rings is 5. The molecule has 1 aliphatic carbocycles. The van der Waals surface area contributed by atoms with Crippen LogP contribution in [0.4, 0.5) is 0 Å². The average Bonchev–Trinajstić information content (AvgIpc) is 3.21. The van der Waals surface area contributed by atoms with Gasteiger partial charge in [-0.2, -0.15) is 0 Å². The topological polar surface area (TPSA) is 12.9 Å². The van der Waals surface area contributed by atoms with E-state index in [4.69, 9.17) is 4.98 Å². The van der Waals surface area contributed by atoms with E-state index in [-0.39, 0.29) is 5.92 Å². The van der Waals surface area contributed by atoms with E-state index in [0.717, 1.165) is 5.69 Å². The van der Waals surface area contributed by atoms with Crippen molar-refractivity contribution in [3.8, 4) is 11.1 Å². The lowest BCUT2D eigenvalue weighted by molar-refractivity contribution is 0.962. The number of pyridine rings is 1. The molecule has 1 aromatic heterocycles. The first kappa shape index (κ1) is 16.8. The second kappa shape index (κ2) is 6.26. The molecule has 31 heavy (non-hydrogen) atoms. The fourth-order valence-corrected chi connectivity index (χ4v) is 5.57. The summed E-state index contributed by atoms with van der Waals surface area (Å²) in [6, 6.07) is 37.3. The normalized spacial score (nSPS) is 14.8. The Labute approximate surface area is 180 Å². The quantitative estimate of drug-likeness (QED) is 0.260. The minimum absolute atomic E-state index is 0.117. The molecular weight excluding hydrogens is 374 g/mol. The lowest BCUT2D eigenvalue weighted by Gasteiger charge is -2.18. The highest BCUT2D eigenvalue weighted by Gasteiger charge is 2.35. The second-order valence-corrected chi connectivity index (χ2v) is 8.32. The number of nitrogens with zero attached hydrogens (tertiary/aromatic N) is 1. The Hall–Kier alpha value is -3.97. The van der Waals surface area contributed by atoms with Crippen LogP contribution < -0.4 is 0 Å². The standard InChI is InChI=1S/C30H19N/c1-2-10-20-19(9-1)16-17-25-27(20)30(26-15-7-8-18-31-26)29-24-14-6-4-12-22(24)21-11-3-5-13-23(21)28(25)29/h1-18,30H. The van der Waals surface area contributed by atoms with E-state index < -0.39 is 0 Å². The molecule has 5 aromatic carbocycles. The Morgan fingerprint density at radius 3 is 1.90 bits per heavy atom. The molecule has 144 valence electrons. The molecule has 1 unspecified atom stereocenters. The molecule has 0 saturated carbocycles. The summed E-state index contributed by atoms with van der Waals surface area (Å²) in [6.45, 7) is 0. The highest BCUT2D eigenvalue weighted by molar-refractivity contribution is 6.19. The van der Waals surface area contributed by atoms with Gasteiger partial charge < -0.3 is 0 Å². The van der Waals surface area contributed by atoms with Gasteiger partial charge in [-0.25, -0.2) is 0 Å². The first-order valence-corrected chi connectivity index (χ1v) is 10.8. The lowest BCUT2D eigenvalue weighted by atomic mass is 9.86. The van der Waals surface area contributed by atoms with Crippen LogP contribution in [-0.2, 0) is 0 Å². The van der Waals surface area contributed by atoms with E-state index in [9.17, 15) is 0 Å². The Morgan fingerprint density at radius 1 is 0.484 bits per heavy atom. The van der Waals surface area contributed by atoms with Gasteiger partial charge in [-0.1, -0.05) is 91.0 Å². The second-order valence-electron chi connectivity index (χ2n) is 8.32. The third-order valence-electron chi connectivity index (χ3n) is 6.77. The van der Waals surface area contributed by atoms with Crippen molar-refractivity contribution in [2.24, 2.45) is 0 Å². The molecule has 0 saturated heterocycles. The van der Waals surface area contributed by atoms with Crippen LogP contribution in [0.5, 0.6) is 0 Å². The Morgan fingerprint density at radius 2 is 1.13 bits per heavy atom. The Kier molecular flexibility index (Phi) is 3.39. The molecule has 0 bridgehead atoms. The van der Waals surface area contributed by atoms with E-state index >= 15 is 0 Å². The molecule has 0 fully saturated rings. The van der Waals surface area contributed by atoms with E-state index in [1.165, 1.54) is 54.6 Å². The molecule has 0 spiro atoms. The van der Waals surface area contributed by atoms with Crippen molar-refractivity contribution in [1.82, 2.24) is 4.98 Å². The number of hydrogen-bond acceptors (Lipinski definition) is 1. The van der Waals surface area contributed by atoms with Crippen LogP contribution in [0.2, 0.25) is 0 Å². The van der Waals surface area contributed by atoms with E-state index in [1.807, 2.05) is 12.3 Å². The fourth-order valence-electron chi connectivity index (χ4n) is 5.57. The zero-order valence-corrected chi connectivity index (χ0v) is 16.9. The van der Waals surface area contributed by atoms with Gasteiger partial charge in [-0.3, -0.25) is 4.98 Å². The van der Waals surface area contributed by atoms with Crippen LogP contribution in [0.15, 0.2) is 109 Å². The van der Waals surface area contributed by atoms with Gasteiger partial charge in [-0.15, -0.1) is 0 Å². The summed E-state index contributed by atoms with van der Waals surface area (Å²) >= 11 is 0. The summed E-state index contributed by atoms with van der Waals surface area (Å²) in [5.74, 6) is 0.117. The molecule has 1 heterocycles. The zero-order chi connectivity index (χ0) is 20.4. The van der Waals surface area contributed by atoms with Crippen molar-refractivity contribution in [2.45, 2.75) is 5.92 Å². The molecule has 6 aromatic rings. The van der Waals surface area contributed by atoms with Crippen molar-refractivity contribution in [3.63, 3.8) is 0 Å². The third-order valence-corrected chi connectivity index (χ3v) is 6.77. The third kappa shape index (κ3) is 2.23. The van der Waals surface area contributed by atoms with Crippen LogP contribution in [0, 0.1) is 0 Å². The van der Waals surface area contributed by atoms with Crippen LogP contribution in [0.3, 0.4) is 0 Å². The summed E-state index contributed by atoms with van der Waals surface area (Å²) < 4.78 is 0. The monoisotopic (exact) mass is 393 g/mol. The highest BCUT2D eigenvalue weighted by Crippen LogP contribution is 2.55. The number of fused-ring (bicyclic) bond motifs is 10. The van der Waals surface area contributed by atoms with E-state index in [0.29, 0.717) is 0 Å². The van der Waals surface area contributed by atoms with Gasteiger partial charge in [0.2, 0.25) is 0 Å². The number of aromatic nitrogens is 1. The van der Waals surface area contributed by atoms with Crippen molar-refractivity contribution in [1.29, 1.82) is 0 Å². The predicted molar refractivity (Wildman–Crippen MR) is 130 cm³/mol. The molecule has 0 amide bonds. The van der Waals surface area contributed by atoms with Crippen LogP contribution >= 0.6 is 0 Å². The summed E-state index contributed by atoms with van der Waals surface area (Å²) in [6.07, 6.45) is 1.92. The molecular formula is C30H19N. The van der Waals surface area contributed by atoms with Crippen molar-refractivity contribution >= 4 is 32.3 Å². The minimum atomic E-state index is 0.117. The Bertz CT molecular complexity index is 1630. The number of hydrogen-bond donors (Lipinski definition) is 0. The first-order valence-electron chi connectivity index (χ1n) is 10.8. The van der Waals surface area contributed by atoms with Crippen LogP contribution in [-0.4, -0.2) is 4.98 Å². The number of rotatable bonds is 1. The molecule has 1 heteroatoms. The van der Waals surface area contributed by atoms with Crippen molar-refractivity contribution in [3.05, 3.63) is 126 Å². The van der Waals surface area contributed by atoms with E-state index in [1.54, 1.807) is 0 Å². The molecule has 0 aliphatic heterocycles. The van der Waals surface area contributed by atoms with Gasteiger partial charge in [0.05, 0.1) is 11.6 Å². The SMILES string of the molecule is c1ccc(C2c3c(ccc4ccccc34)-c3c2c2ccccc2c2ccccc32)nc1. The maximum absolute atomic E-state index is 4.85. The molecule has 1 atom stereocenters. The maximum Gasteiger partial charge on any atom is 0.0537 e. The molecule has 1 aliphatic rings. The minimum Gasteiger partial charge on any atom is -0.260 e. The van der Waals surface area contributed by atoms with Crippen LogP contribution in [0.25, 0.3) is 43.4 Å². The highest BCUT2D eigenvalue weighted by atomic mass is 14.7. The molecule has 7 rings (SSSR count). The smallest absolute Gasteiger partial charge is 0.0537 e. The Balaban J connectivity index is 1.75. The average molecular weight is 393 g/mol. The van der Waals surface area contributed by atoms with Crippen molar-refractivity contribution < 1.29 is 0 Å².